The van der Waals surface area contributed by atoms with Crippen LogP contribution in [0.25, 0.3) is 11.5 Å². The summed E-state index contributed by atoms with van der Waals surface area (Å²) in [6, 6.07) is 1.86. The Hall–Kier alpha value is -1.18. The minimum Gasteiger partial charge on any atom is -0.383 e. The lowest BCUT2D eigenvalue weighted by Gasteiger charge is -2.05. The van der Waals surface area contributed by atoms with E-state index in [2.05, 4.69) is 37.7 Å². The predicted octanol–water partition coefficient (Wildman–Crippen LogP) is 1.37. The zero-order chi connectivity index (χ0) is 11.0. The summed E-state index contributed by atoms with van der Waals surface area (Å²) in [6.45, 7) is 1.92. The first-order chi connectivity index (χ1) is 7.09. The molecule has 2 heterocycles. The van der Waals surface area contributed by atoms with E-state index >= 15 is 0 Å². The molecule has 6 heteroatoms. The fourth-order valence-corrected chi connectivity index (χ4v) is 1.53. The van der Waals surface area contributed by atoms with Crippen molar-refractivity contribution in [2.45, 2.75) is 6.92 Å². The molecule has 0 saturated carbocycles. The standard InChI is InChI=1S/C9H10IN5/c1-5-7(10)8(11)14-9(13-5)6-3-4-12-15(6)2/h3-4H,1-2H3,(H2,11,13,14). The molecule has 15 heavy (non-hydrogen) atoms. The van der Waals surface area contributed by atoms with E-state index < -0.39 is 0 Å². The molecule has 2 N–H and O–H groups in total. The first kappa shape index (κ1) is 10.3. The van der Waals surface area contributed by atoms with E-state index in [1.165, 1.54) is 0 Å². The second kappa shape index (κ2) is 3.76. The van der Waals surface area contributed by atoms with Crippen molar-refractivity contribution in [1.29, 1.82) is 0 Å². The number of nitrogen functional groups attached to an aromatic ring is 1. The molecule has 2 aromatic rings. The van der Waals surface area contributed by atoms with E-state index in [1.807, 2.05) is 20.0 Å². The van der Waals surface area contributed by atoms with Gasteiger partial charge < -0.3 is 5.73 Å². The van der Waals surface area contributed by atoms with Gasteiger partial charge in [0.25, 0.3) is 0 Å². The summed E-state index contributed by atoms with van der Waals surface area (Å²) in [7, 11) is 1.85. The average Bonchev–Trinajstić information content (AvgIpc) is 2.60. The van der Waals surface area contributed by atoms with E-state index in [4.69, 9.17) is 5.73 Å². The number of aromatic nitrogens is 4. The van der Waals surface area contributed by atoms with Crippen molar-refractivity contribution in [1.82, 2.24) is 19.7 Å². The number of aryl methyl sites for hydroxylation is 2. The van der Waals surface area contributed by atoms with E-state index in [9.17, 15) is 0 Å². The molecule has 0 radical (unpaired) electrons. The molecular formula is C9H10IN5. The maximum Gasteiger partial charge on any atom is 0.180 e. The summed E-state index contributed by atoms with van der Waals surface area (Å²) in [4.78, 5) is 8.61. The third-order valence-corrected chi connectivity index (χ3v) is 3.43. The molecule has 0 aliphatic carbocycles. The number of hydrogen-bond acceptors (Lipinski definition) is 4. The maximum atomic E-state index is 5.79. The third-order valence-electron chi connectivity index (χ3n) is 2.09. The fourth-order valence-electron chi connectivity index (χ4n) is 1.29. The number of nitrogens with two attached hydrogens (primary N) is 1. The molecule has 0 fully saturated rings. The van der Waals surface area contributed by atoms with Crippen LogP contribution in [0.15, 0.2) is 12.3 Å². The highest BCUT2D eigenvalue weighted by Crippen LogP contribution is 2.20. The molecule has 2 rings (SSSR count). The number of rotatable bonds is 1. The van der Waals surface area contributed by atoms with Gasteiger partial charge >= 0.3 is 0 Å². The molecule has 0 aliphatic rings. The van der Waals surface area contributed by atoms with Gasteiger partial charge in [-0.15, -0.1) is 0 Å². The topological polar surface area (TPSA) is 69.6 Å². The van der Waals surface area contributed by atoms with Gasteiger partial charge in [-0.1, -0.05) is 0 Å². The molecule has 0 aliphatic heterocycles. The van der Waals surface area contributed by atoms with Gasteiger partial charge in [0.2, 0.25) is 0 Å². The largest absolute Gasteiger partial charge is 0.383 e. The van der Waals surface area contributed by atoms with E-state index in [0.717, 1.165) is 15.0 Å². The molecule has 5 nitrogen and oxygen atoms in total. The Morgan fingerprint density at radius 1 is 1.40 bits per heavy atom. The van der Waals surface area contributed by atoms with Crippen LogP contribution >= 0.6 is 22.6 Å². The Balaban J connectivity index is 2.60. The smallest absolute Gasteiger partial charge is 0.180 e. The minimum absolute atomic E-state index is 0.513. The quantitative estimate of drug-likeness (QED) is 0.807. The van der Waals surface area contributed by atoms with Crippen molar-refractivity contribution in [3.8, 4) is 11.5 Å². The van der Waals surface area contributed by atoms with Crippen LogP contribution in [-0.2, 0) is 7.05 Å². The van der Waals surface area contributed by atoms with Gasteiger partial charge in [0, 0.05) is 13.2 Å². The maximum absolute atomic E-state index is 5.79. The first-order valence-corrected chi connectivity index (χ1v) is 5.45. The van der Waals surface area contributed by atoms with Gasteiger partial charge in [-0.25, -0.2) is 9.97 Å². The minimum atomic E-state index is 0.513. The number of anilines is 1. The van der Waals surface area contributed by atoms with Crippen molar-refractivity contribution in [3.05, 3.63) is 21.5 Å². The zero-order valence-corrected chi connectivity index (χ0v) is 10.6. The monoisotopic (exact) mass is 315 g/mol. The molecule has 0 amide bonds. The molecule has 0 unspecified atom stereocenters. The lowest BCUT2D eigenvalue weighted by atomic mass is 10.3. The highest BCUT2D eigenvalue weighted by atomic mass is 127. The molecule has 0 aromatic carbocycles. The van der Waals surface area contributed by atoms with Crippen molar-refractivity contribution >= 4 is 28.4 Å². The second-order valence-corrected chi connectivity index (χ2v) is 4.25. The average molecular weight is 315 g/mol. The van der Waals surface area contributed by atoms with Crippen LogP contribution in [0.5, 0.6) is 0 Å². The summed E-state index contributed by atoms with van der Waals surface area (Å²) in [5, 5.41) is 4.07. The van der Waals surface area contributed by atoms with Crippen LogP contribution in [0.1, 0.15) is 5.69 Å². The van der Waals surface area contributed by atoms with Crippen LogP contribution in [-0.4, -0.2) is 19.7 Å². The van der Waals surface area contributed by atoms with E-state index in [0.29, 0.717) is 11.6 Å². The number of halogens is 1. The van der Waals surface area contributed by atoms with Gasteiger partial charge in [-0.3, -0.25) is 4.68 Å². The molecular weight excluding hydrogens is 305 g/mol. The Morgan fingerprint density at radius 2 is 2.13 bits per heavy atom. The lowest BCUT2D eigenvalue weighted by molar-refractivity contribution is 0.769. The summed E-state index contributed by atoms with van der Waals surface area (Å²) in [5.74, 6) is 1.13. The van der Waals surface area contributed by atoms with Crippen LogP contribution in [0.3, 0.4) is 0 Å². The van der Waals surface area contributed by atoms with Gasteiger partial charge in [0.15, 0.2) is 5.82 Å². The summed E-state index contributed by atoms with van der Waals surface area (Å²) < 4.78 is 2.62. The highest BCUT2D eigenvalue weighted by molar-refractivity contribution is 14.1. The van der Waals surface area contributed by atoms with E-state index in [1.54, 1.807) is 10.9 Å². The Kier molecular flexibility index (Phi) is 2.59. The van der Waals surface area contributed by atoms with Crippen LogP contribution < -0.4 is 5.73 Å². The Morgan fingerprint density at radius 3 is 2.67 bits per heavy atom. The third kappa shape index (κ3) is 1.81. The summed E-state index contributed by atoms with van der Waals surface area (Å²) in [6.07, 6.45) is 1.71. The molecule has 0 bridgehead atoms. The van der Waals surface area contributed by atoms with E-state index in [-0.39, 0.29) is 0 Å². The van der Waals surface area contributed by atoms with Gasteiger partial charge in [0.05, 0.1) is 9.26 Å². The Labute approximate surface area is 101 Å². The van der Waals surface area contributed by atoms with Crippen molar-refractivity contribution < 1.29 is 0 Å². The molecule has 78 valence electrons. The normalized spacial score (nSPS) is 10.6. The van der Waals surface area contributed by atoms with Crippen molar-refractivity contribution in [2.24, 2.45) is 7.05 Å². The van der Waals surface area contributed by atoms with Crippen molar-refractivity contribution in [3.63, 3.8) is 0 Å². The molecule has 0 atom stereocenters. The fraction of sp³-hybridized carbons (Fsp3) is 0.222. The summed E-state index contributed by atoms with van der Waals surface area (Å²) >= 11 is 2.14. The zero-order valence-electron chi connectivity index (χ0n) is 8.40. The molecule has 2 aromatic heterocycles. The first-order valence-electron chi connectivity index (χ1n) is 4.37. The SMILES string of the molecule is Cc1nc(-c2ccnn2C)nc(N)c1I. The van der Waals surface area contributed by atoms with Crippen molar-refractivity contribution in [2.75, 3.05) is 5.73 Å². The number of nitrogens with zero attached hydrogens (tertiary/aromatic N) is 4. The predicted molar refractivity (Wildman–Crippen MR) is 66.1 cm³/mol. The molecule has 0 spiro atoms. The van der Waals surface area contributed by atoms with Gasteiger partial charge in [0.1, 0.15) is 11.5 Å². The lowest BCUT2D eigenvalue weighted by Crippen LogP contribution is -2.04. The Bertz CT molecular complexity index is 482. The van der Waals surface area contributed by atoms with Crippen LogP contribution in [0.2, 0.25) is 0 Å². The number of hydrogen-bond donors (Lipinski definition) is 1. The summed E-state index contributed by atoms with van der Waals surface area (Å²) in [5.41, 5.74) is 7.54. The highest BCUT2D eigenvalue weighted by Gasteiger charge is 2.10. The van der Waals surface area contributed by atoms with Gasteiger partial charge in [-0.2, -0.15) is 5.10 Å². The molecule has 0 saturated heterocycles. The van der Waals surface area contributed by atoms with Crippen LogP contribution in [0.4, 0.5) is 5.82 Å². The van der Waals surface area contributed by atoms with Gasteiger partial charge in [-0.05, 0) is 35.6 Å². The second-order valence-electron chi connectivity index (χ2n) is 3.17. The van der Waals surface area contributed by atoms with Crippen LogP contribution in [0, 0.1) is 10.5 Å².